The van der Waals surface area contributed by atoms with Crippen molar-refractivity contribution in [3.05, 3.63) is 16.9 Å². The number of nitrogens with two attached hydrogens (primary N) is 1. The van der Waals surface area contributed by atoms with Gasteiger partial charge >= 0.3 is 0 Å². The van der Waals surface area contributed by atoms with Gasteiger partial charge < -0.3 is 11.1 Å². The van der Waals surface area contributed by atoms with E-state index in [1.807, 2.05) is 6.92 Å². The summed E-state index contributed by atoms with van der Waals surface area (Å²) in [5.41, 5.74) is 7.90. The fourth-order valence-electron chi connectivity index (χ4n) is 0.851. The lowest BCUT2D eigenvalue weighted by atomic mass is 10.3. The number of hydrogen-bond donors (Lipinski definition) is 2. The number of anilines is 2. The predicted molar refractivity (Wildman–Crippen MR) is 47.9 cm³/mol. The Labute approximate surface area is 70.6 Å². The summed E-state index contributed by atoms with van der Waals surface area (Å²) in [7, 11) is 1.79. The number of halogens is 1. The number of aromatic nitrogens is 1. The van der Waals surface area contributed by atoms with Crippen LogP contribution in [-0.2, 0) is 0 Å². The van der Waals surface area contributed by atoms with Gasteiger partial charge in [0.1, 0.15) is 5.15 Å². The van der Waals surface area contributed by atoms with Crippen LogP contribution in [0.4, 0.5) is 11.4 Å². The topological polar surface area (TPSA) is 50.9 Å². The van der Waals surface area contributed by atoms with Crippen molar-refractivity contribution in [3.63, 3.8) is 0 Å². The Morgan fingerprint density at radius 2 is 2.27 bits per heavy atom. The minimum absolute atomic E-state index is 0.459. The molecule has 1 heterocycles. The van der Waals surface area contributed by atoms with Gasteiger partial charge in [-0.2, -0.15) is 0 Å². The van der Waals surface area contributed by atoms with Crippen molar-refractivity contribution in [1.29, 1.82) is 0 Å². The van der Waals surface area contributed by atoms with E-state index in [0.717, 1.165) is 11.4 Å². The first-order valence-corrected chi connectivity index (χ1v) is 3.63. The van der Waals surface area contributed by atoms with E-state index in [-0.39, 0.29) is 0 Å². The third-order valence-corrected chi connectivity index (χ3v) is 1.68. The summed E-state index contributed by atoms with van der Waals surface area (Å²) < 4.78 is 0. The molecule has 0 atom stereocenters. The first-order chi connectivity index (χ1) is 5.15. The molecule has 0 aliphatic heterocycles. The molecule has 11 heavy (non-hydrogen) atoms. The van der Waals surface area contributed by atoms with Crippen molar-refractivity contribution in [1.82, 2.24) is 4.98 Å². The zero-order chi connectivity index (χ0) is 8.43. The number of aryl methyl sites for hydroxylation is 1. The summed E-state index contributed by atoms with van der Waals surface area (Å²) >= 11 is 5.69. The van der Waals surface area contributed by atoms with Gasteiger partial charge in [-0.3, -0.25) is 0 Å². The molecule has 0 spiro atoms. The van der Waals surface area contributed by atoms with E-state index in [9.17, 15) is 0 Å². The molecular weight excluding hydrogens is 162 g/mol. The van der Waals surface area contributed by atoms with Crippen molar-refractivity contribution < 1.29 is 0 Å². The molecule has 1 aromatic rings. The van der Waals surface area contributed by atoms with Crippen molar-refractivity contribution in [2.45, 2.75) is 6.92 Å². The van der Waals surface area contributed by atoms with Crippen LogP contribution >= 0.6 is 11.6 Å². The Bertz CT molecular complexity index is 273. The van der Waals surface area contributed by atoms with Gasteiger partial charge in [0.15, 0.2) is 0 Å². The fourth-order valence-corrected chi connectivity index (χ4v) is 1.09. The van der Waals surface area contributed by atoms with E-state index in [2.05, 4.69) is 10.3 Å². The highest BCUT2D eigenvalue weighted by Gasteiger charge is 2.02. The number of rotatable bonds is 1. The minimum Gasteiger partial charge on any atom is -0.396 e. The van der Waals surface area contributed by atoms with Gasteiger partial charge in [0.2, 0.25) is 0 Å². The average Bonchev–Trinajstić information content (AvgIpc) is 1.96. The van der Waals surface area contributed by atoms with Crippen molar-refractivity contribution in [2.24, 2.45) is 0 Å². The first kappa shape index (κ1) is 8.14. The highest BCUT2D eigenvalue weighted by molar-refractivity contribution is 6.29. The standard InChI is InChI=1S/C7H10ClN3/c1-4-7(9)5(10-2)3-6(8)11-4/h3H,9H2,1-2H3,(H,10,11). The van der Waals surface area contributed by atoms with Crippen LogP contribution in [0.25, 0.3) is 0 Å². The lowest BCUT2D eigenvalue weighted by Gasteiger charge is -2.06. The Morgan fingerprint density at radius 1 is 1.64 bits per heavy atom. The molecule has 0 aromatic carbocycles. The zero-order valence-corrected chi connectivity index (χ0v) is 7.24. The van der Waals surface area contributed by atoms with Crippen LogP contribution in [0.2, 0.25) is 5.15 Å². The molecule has 0 saturated heterocycles. The molecule has 3 nitrogen and oxygen atoms in total. The summed E-state index contributed by atoms with van der Waals surface area (Å²) in [6.45, 7) is 1.82. The van der Waals surface area contributed by atoms with Gasteiger partial charge in [-0.15, -0.1) is 0 Å². The summed E-state index contributed by atoms with van der Waals surface area (Å²) in [6.07, 6.45) is 0. The molecule has 60 valence electrons. The molecule has 0 radical (unpaired) electrons. The minimum atomic E-state index is 0.459. The smallest absolute Gasteiger partial charge is 0.131 e. The van der Waals surface area contributed by atoms with E-state index in [1.165, 1.54) is 0 Å². The van der Waals surface area contributed by atoms with Crippen LogP contribution < -0.4 is 11.1 Å². The molecule has 0 saturated carbocycles. The van der Waals surface area contributed by atoms with Crippen LogP contribution in [-0.4, -0.2) is 12.0 Å². The number of pyridine rings is 1. The maximum absolute atomic E-state index is 5.69. The fraction of sp³-hybridized carbons (Fsp3) is 0.286. The van der Waals surface area contributed by atoms with E-state index < -0.39 is 0 Å². The SMILES string of the molecule is CNc1cc(Cl)nc(C)c1N. The number of nitrogens with zero attached hydrogens (tertiary/aromatic N) is 1. The van der Waals surface area contributed by atoms with E-state index in [4.69, 9.17) is 17.3 Å². The van der Waals surface area contributed by atoms with Gasteiger partial charge in [0.25, 0.3) is 0 Å². The molecule has 0 fully saturated rings. The van der Waals surface area contributed by atoms with E-state index in [0.29, 0.717) is 10.8 Å². The Kier molecular flexibility index (Phi) is 2.19. The summed E-state index contributed by atoms with van der Waals surface area (Å²) in [4.78, 5) is 3.98. The predicted octanol–water partition coefficient (Wildman–Crippen LogP) is 1.67. The second-order valence-electron chi connectivity index (χ2n) is 2.24. The van der Waals surface area contributed by atoms with Gasteiger partial charge in [-0.05, 0) is 6.92 Å². The largest absolute Gasteiger partial charge is 0.396 e. The summed E-state index contributed by atoms with van der Waals surface area (Å²) in [5.74, 6) is 0. The van der Waals surface area contributed by atoms with Crippen LogP contribution in [0, 0.1) is 6.92 Å². The lowest BCUT2D eigenvalue weighted by Crippen LogP contribution is -1.99. The van der Waals surface area contributed by atoms with Gasteiger partial charge in [0.05, 0.1) is 17.1 Å². The number of hydrogen-bond acceptors (Lipinski definition) is 3. The molecule has 0 unspecified atom stereocenters. The second kappa shape index (κ2) is 2.96. The highest BCUT2D eigenvalue weighted by Crippen LogP contribution is 2.23. The van der Waals surface area contributed by atoms with Crippen LogP contribution in [0.1, 0.15) is 5.69 Å². The van der Waals surface area contributed by atoms with Gasteiger partial charge in [0, 0.05) is 13.1 Å². The molecule has 4 heteroatoms. The Morgan fingerprint density at radius 3 is 2.82 bits per heavy atom. The number of nitrogens with one attached hydrogen (secondary N) is 1. The summed E-state index contributed by atoms with van der Waals surface area (Å²) in [6, 6.07) is 1.70. The highest BCUT2D eigenvalue weighted by atomic mass is 35.5. The maximum atomic E-state index is 5.69. The molecule has 1 rings (SSSR count). The Balaban J connectivity index is 3.24. The monoisotopic (exact) mass is 171 g/mol. The van der Waals surface area contributed by atoms with Crippen LogP contribution in [0.3, 0.4) is 0 Å². The van der Waals surface area contributed by atoms with Crippen molar-refractivity contribution in [2.75, 3.05) is 18.1 Å². The van der Waals surface area contributed by atoms with E-state index in [1.54, 1.807) is 13.1 Å². The Hall–Kier alpha value is -0.960. The van der Waals surface area contributed by atoms with Gasteiger partial charge in [-0.1, -0.05) is 11.6 Å². The summed E-state index contributed by atoms with van der Waals surface area (Å²) in [5, 5.41) is 3.39. The maximum Gasteiger partial charge on any atom is 0.131 e. The average molecular weight is 172 g/mol. The third-order valence-electron chi connectivity index (χ3n) is 1.49. The quantitative estimate of drug-likeness (QED) is 0.632. The molecule has 1 aromatic heterocycles. The zero-order valence-electron chi connectivity index (χ0n) is 6.48. The van der Waals surface area contributed by atoms with Gasteiger partial charge in [-0.25, -0.2) is 4.98 Å². The van der Waals surface area contributed by atoms with Crippen molar-refractivity contribution >= 4 is 23.0 Å². The third kappa shape index (κ3) is 1.54. The van der Waals surface area contributed by atoms with Crippen LogP contribution in [0.15, 0.2) is 6.07 Å². The molecule has 3 N–H and O–H groups in total. The first-order valence-electron chi connectivity index (χ1n) is 3.25. The second-order valence-corrected chi connectivity index (χ2v) is 2.63. The normalized spacial score (nSPS) is 9.73. The molecule has 0 amide bonds. The van der Waals surface area contributed by atoms with Crippen LogP contribution in [0.5, 0.6) is 0 Å². The molecular formula is C7H10ClN3. The molecule has 0 aliphatic rings. The number of nitrogen functional groups attached to an aromatic ring is 1. The van der Waals surface area contributed by atoms with E-state index >= 15 is 0 Å². The lowest BCUT2D eigenvalue weighted by molar-refractivity contribution is 1.20. The molecule has 0 bridgehead atoms. The molecule has 0 aliphatic carbocycles. The van der Waals surface area contributed by atoms with Crippen molar-refractivity contribution in [3.8, 4) is 0 Å².